The molecule has 2 aromatic heterocycles. The maximum absolute atomic E-state index is 13.8. The molecule has 1 aromatic carbocycles. The van der Waals surface area contributed by atoms with Gasteiger partial charge in [-0.2, -0.15) is 0 Å². The van der Waals surface area contributed by atoms with Gasteiger partial charge >= 0.3 is 0 Å². The lowest BCUT2D eigenvalue weighted by atomic mass is 10.2. The average Bonchev–Trinajstić information content (AvgIpc) is 3.02. The van der Waals surface area contributed by atoms with E-state index in [0.29, 0.717) is 11.3 Å². The fraction of sp³-hybridized carbons (Fsp3) is 0.214. The summed E-state index contributed by atoms with van der Waals surface area (Å²) in [5, 5.41) is 0. The number of aromatic nitrogens is 2. The number of halogens is 3. The molecule has 0 aliphatic carbocycles. The van der Waals surface area contributed by atoms with Crippen molar-refractivity contribution in [2.45, 2.75) is 18.8 Å². The summed E-state index contributed by atoms with van der Waals surface area (Å²) >= 11 is 13.5. The molecule has 0 radical (unpaired) electrons. The Balaban J connectivity index is 2.21. The van der Waals surface area contributed by atoms with Crippen molar-refractivity contribution in [2.24, 2.45) is 0 Å². The van der Waals surface area contributed by atoms with E-state index in [9.17, 15) is 4.39 Å². The largest absolute Gasteiger partial charge is 0.319 e. The van der Waals surface area contributed by atoms with Crippen LogP contribution in [0, 0.1) is 5.82 Å². The average molecular weight is 329 g/mol. The van der Waals surface area contributed by atoms with Gasteiger partial charge in [0.15, 0.2) is 5.82 Å². The predicted octanol–water partition coefficient (Wildman–Crippen LogP) is 5.24. The molecule has 0 bridgehead atoms. The molecule has 3 aromatic rings. The molecule has 0 N–H and O–H groups in total. The third-order valence-electron chi connectivity index (χ3n) is 3.26. The zero-order valence-electron chi connectivity index (χ0n) is 10.6. The zero-order valence-corrected chi connectivity index (χ0v) is 12.9. The highest BCUT2D eigenvalue weighted by molar-refractivity contribution is 7.16. The van der Waals surface area contributed by atoms with Crippen molar-refractivity contribution in [1.82, 2.24) is 9.55 Å². The van der Waals surface area contributed by atoms with E-state index in [1.807, 2.05) is 29.7 Å². The lowest BCUT2D eigenvalue weighted by molar-refractivity contribution is 0.636. The molecule has 0 saturated carbocycles. The van der Waals surface area contributed by atoms with Crippen LogP contribution in [0.3, 0.4) is 0 Å². The minimum Gasteiger partial charge on any atom is -0.319 e. The first kappa shape index (κ1) is 13.9. The van der Waals surface area contributed by atoms with Crippen LogP contribution < -0.4 is 0 Å². The van der Waals surface area contributed by atoms with Gasteiger partial charge in [0.1, 0.15) is 11.3 Å². The Kier molecular flexibility index (Phi) is 3.71. The normalized spacial score (nSPS) is 13.0. The van der Waals surface area contributed by atoms with Gasteiger partial charge < -0.3 is 4.57 Å². The number of hydrogen-bond acceptors (Lipinski definition) is 2. The van der Waals surface area contributed by atoms with Crippen LogP contribution in [0.5, 0.6) is 0 Å². The van der Waals surface area contributed by atoms with E-state index in [1.54, 1.807) is 6.07 Å². The summed E-state index contributed by atoms with van der Waals surface area (Å²) in [6.07, 6.45) is 0. The maximum atomic E-state index is 13.8. The highest BCUT2D eigenvalue weighted by Gasteiger charge is 2.19. The summed E-state index contributed by atoms with van der Waals surface area (Å²) in [6, 6.07) is 8.78. The van der Waals surface area contributed by atoms with E-state index in [-0.39, 0.29) is 17.7 Å². The Labute approximate surface area is 129 Å². The second-order valence-electron chi connectivity index (χ2n) is 4.46. The van der Waals surface area contributed by atoms with Crippen LogP contribution in [0.25, 0.3) is 11.0 Å². The van der Waals surface area contributed by atoms with Crippen LogP contribution in [-0.2, 0) is 5.88 Å². The Bertz CT molecular complexity index is 766. The fourth-order valence-electron chi connectivity index (χ4n) is 2.34. The minimum absolute atomic E-state index is 0.00745. The standard InChI is InChI=1S/C14H11Cl2FN2S/c1-8(11-5-6-12(16)20-11)19-10-4-2-3-9(17)14(10)18-13(19)7-15/h2-6,8H,7H2,1H3. The fourth-order valence-corrected chi connectivity index (χ4v) is 3.63. The molecule has 0 aliphatic rings. The zero-order chi connectivity index (χ0) is 14.3. The molecule has 104 valence electrons. The lowest BCUT2D eigenvalue weighted by Crippen LogP contribution is -2.08. The summed E-state index contributed by atoms with van der Waals surface area (Å²) in [5.74, 6) is 0.560. The minimum atomic E-state index is -0.330. The quantitative estimate of drug-likeness (QED) is 0.601. The van der Waals surface area contributed by atoms with E-state index >= 15 is 0 Å². The van der Waals surface area contributed by atoms with Crippen molar-refractivity contribution in [3.8, 4) is 0 Å². The van der Waals surface area contributed by atoms with E-state index in [2.05, 4.69) is 4.98 Å². The van der Waals surface area contributed by atoms with Gasteiger partial charge in [-0.3, -0.25) is 0 Å². The van der Waals surface area contributed by atoms with Gasteiger partial charge in [0.05, 0.1) is 21.8 Å². The molecule has 0 fully saturated rings. The molecule has 0 aliphatic heterocycles. The molecule has 6 heteroatoms. The van der Waals surface area contributed by atoms with Crippen molar-refractivity contribution in [1.29, 1.82) is 0 Å². The highest BCUT2D eigenvalue weighted by Crippen LogP contribution is 2.33. The predicted molar refractivity (Wildman–Crippen MR) is 82.4 cm³/mol. The van der Waals surface area contributed by atoms with E-state index in [1.165, 1.54) is 17.4 Å². The van der Waals surface area contributed by atoms with Gasteiger partial charge in [-0.1, -0.05) is 17.7 Å². The summed E-state index contributed by atoms with van der Waals surface area (Å²) in [7, 11) is 0. The van der Waals surface area contributed by atoms with Crippen LogP contribution >= 0.6 is 34.5 Å². The van der Waals surface area contributed by atoms with E-state index in [0.717, 1.165) is 14.7 Å². The summed E-state index contributed by atoms with van der Waals surface area (Å²) in [5.41, 5.74) is 1.11. The van der Waals surface area contributed by atoms with Gasteiger partial charge in [0, 0.05) is 4.88 Å². The van der Waals surface area contributed by atoms with Gasteiger partial charge in [0.2, 0.25) is 0 Å². The maximum Gasteiger partial charge on any atom is 0.151 e. The lowest BCUT2D eigenvalue weighted by Gasteiger charge is -2.15. The molecule has 20 heavy (non-hydrogen) atoms. The monoisotopic (exact) mass is 328 g/mol. The van der Waals surface area contributed by atoms with Crippen LogP contribution in [0.2, 0.25) is 4.34 Å². The molecule has 0 amide bonds. The third-order valence-corrected chi connectivity index (χ3v) is 4.90. The third kappa shape index (κ3) is 2.22. The van der Waals surface area contributed by atoms with Crippen molar-refractivity contribution < 1.29 is 4.39 Å². The molecule has 1 atom stereocenters. The van der Waals surface area contributed by atoms with Crippen LogP contribution in [0.1, 0.15) is 23.7 Å². The summed E-state index contributed by atoms with van der Waals surface area (Å²) in [4.78, 5) is 5.40. The number of imidazole rings is 1. The number of hydrogen-bond donors (Lipinski definition) is 0. The van der Waals surface area contributed by atoms with E-state index < -0.39 is 0 Å². The Morgan fingerprint density at radius 3 is 2.80 bits per heavy atom. The number of para-hydroxylation sites is 1. The summed E-state index contributed by atoms with van der Waals surface area (Å²) < 4.78 is 16.5. The summed E-state index contributed by atoms with van der Waals surface area (Å²) in [6.45, 7) is 2.03. The Morgan fingerprint density at radius 2 is 2.15 bits per heavy atom. The molecule has 2 heterocycles. The molecule has 0 spiro atoms. The first-order valence-electron chi connectivity index (χ1n) is 6.08. The first-order valence-corrected chi connectivity index (χ1v) is 7.81. The van der Waals surface area contributed by atoms with Crippen molar-refractivity contribution in [3.05, 3.63) is 51.2 Å². The SMILES string of the molecule is CC(c1ccc(Cl)s1)n1c(CCl)nc2c(F)cccc21. The number of nitrogens with zero attached hydrogens (tertiary/aromatic N) is 2. The molecular weight excluding hydrogens is 318 g/mol. The van der Waals surface area contributed by atoms with Crippen molar-refractivity contribution in [2.75, 3.05) is 0 Å². The molecular formula is C14H11Cl2FN2S. The van der Waals surface area contributed by atoms with E-state index in [4.69, 9.17) is 23.2 Å². The molecule has 1 unspecified atom stereocenters. The molecule has 3 rings (SSSR count). The number of thiophene rings is 1. The first-order chi connectivity index (χ1) is 9.61. The molecule has 0 saturated heterocycles. The van der Waals surface area contributed by atoms with Crippen molar-refractivity contribution in [3.63, 3.8) is 0 Å². The highest BCUT2D eigenvalue weighted by atomic mass is 35.5. The Morgan fingerprint density at radius 1 is 1.35 bits per heavy atom. The number of alkyl halides is 1. The van der Waals surface area contributed by atoms with Crippen molar-refractivity contribution >= 4 is 45.6 Å². The topological polar surface area (TPSA) is 17.8 Å². The van der Waals surface area contributed by atoms with Gasteiger partial charge in [-0.25, -0.2) is 9.37 Å². The second-order valence-corrected chi connectivity index (χ2v) is 6.47. The Hall–Kier alpha value is -1.10. The van der Waals surface area contributed by atoms with Gasteiger partial charge in [-0.15, -0.1) is 22.9 Å². The van der Waals surface area contributed by atoms with Gasteiger partial charge in [-0.05, 0) is 31.2 Å². The number of benzene rings is 1. The van der Waals surface area contributed by atoms with Crippen LogP contribution in [-0.4, -0.2) is 9.55 Å². The smallest absolute Gasteiger partial charge is 0.151 e. The van der Waals surface area contributed by atoms with Crippen LogP contribution in [0.4, 0.5) is 4.39 Å². The van der Waals surface area contributed by atoms with Crippen LogP contribution in [0.15, 0.2) is 30.3 Å². The van der Waals surface area contributed by atoms with Gasteiger partial charge in [0.25, 0.3) is 0 Å². The number of rotatable bonds is 3. The molecule has 2 nitrogen and oxygen atoms in total. The second kappa shape index (κ2) is 5.35. The number of fused-ring (bicyclic) bond motifs is 1.